The third kappa shape index (κ3) is 1.54. The van der Waals surface area contributed by atoms with E-state index in [1.165, 1.54) is 24.1 Å². The van der Waals surface area contributed by atoms with Crippen LogP contribution in [-0.2, 0) is 44.6 Å². The third-order valence-electron chi connectivity index (χ3n) is 1.62. The van der Waals surface area contributed by atoms with Crippen LogP contribution in [0, 0.1) is 0 Å². The molecule has 12 heavy (non-hydrogen) atoms. The Balaban J connectivity index is 0.00000121. The molecule has 0 aromatic heterocycles. The average Bonchev–Trinajstić information content (AvgIpc) is 2.17. The molecule has 0 atom stereocenters. The van der Waals surface area contributed by atoms with Crippen molar-refractivity contribution in [1.82, 2.24) is 10.0 Å². The molecule has 1 heterocycles. The zero-order valence-electron chi connectivity index (χ0n) is 6.50. The molecular weight excluding hydrogens is 361 g/mol. The first kappa shape index (κ1) is 11.6. The van der Waals surface area contributed by atoms with Gasteiger partial charge in [0.15, 0.2) is 0 Å². The van der Waals surface area contributed by atoms with Gasteiger partial charge in [-0.05, 0) is 0 Å². The van der Waals surface area contributed by atoms with Crippen LogP contribution >= 0.6 is 0 Å². The van der Waals surface area contributed by atoms with Gasteiger partial charge in [0.25, 0.3) is 11.8 Å². The van der Waals surface area contributed by atoms with Crippen molar-refractivity contribution in [2.45, 2.75) is 0 Å². The Kier molecular flexibility index (Phi) is 3.92. The second-order valence-corrected chi connectivity index (χ2v) is 2.42. The number of hydrogen-bond donors (Lipinski definition) is 0. The topological polar surface area (TPSA) is 40.6 Å². The summed E-state index contributed by atoms with van der Waals surface area (Å²) in [5.74, 6) is -0.681. The van der Waals surface area contributed by atoms with Crippen molar-refractivity contribution in [2.24, 2.45) is 0 Å². The molecule has 0 spiro atoms. The predicted molar refractivity (Wildman–Crippen MR) is 41.0 cm³/mol. The van der Waals surface area contributed by atoms with Crippen molar-refractivity contribution in [1.29, 1.82) is 0 Å². The number of hydrazine groups is 1. The van der Waals surface area contributed by atoms with Gasteiger partial charge in [-0.25, -0.2) is 0 Å². The van der Waals surface area contributed by atoms with E-state index in [0.29, 0.717) is 0 Å². The Morgan fingerprint density at radius 2 is 1.50 bits per heavy atom. The predicted octanol–water partition coefficient (Wildman–Crippen LogP) is -0.740. The number of carbonyl (C=O) groups is 2. The van der Waals surface area contributed by atoms with E-state index < -0.39 is 0 Å². The zero-order valence-corrected chi connectivity index (χ0v) is 9.48. The summed E-state index contributed by atoms with van der Waals surface area (Å²) in [4.78, 5) is 22.2. The summed E-state index contributed by atoms with van der Waals surface area (Å²) < 4.78 is 0. The Hall–Kier alpha value is -0.360. The monoisotopic (exact) mass is 368 g/mol. The second-order valence-electron chi connectivity index (χ2n) is 2.19. The molecule has 0 N–H and O–H groups in total. The SMILES string of the molecule is CN1C(=O)C(=C[S-])C(=O)N1C.[Au+]. The molecule has 2 amide bonds. The molecule has 70 valence electrons. The maximum absolute atomic E-state index is 11.1. The molecule has 1 rings (SSSR count). The van der Waals surface area contributed by atoms with Crippen LogP contribution in [0.4, 0.5) is 0 Å². The second kappa shape index (κ2) is 4.04. The van der Waals surface area contributed by atoms with Gasteiger partial charge in [0.1, 0.15) is 0 Å². The quantitative estimate of drug-likeness (QED) is 0.245. The Bertz CT molecular complexity index is 232. The fraction of sp³-hybridized carbons (Fsp3) is 0.333. The summed E-state index contributed by atoms with van der Waals surface area (Å²) in [5.41, 5.74) is 0.0602. The van der Waals surface area contributed by atoms with Crippen molar-refractivity contribution in [2.75, 3.05) is 14.1 Å². The summed E-state index contributed by atoms with van der Waals surface area (Å²) in [6.07, 6.45) is 0. The maximum Gasteiger partial charge on any atom is 1.00 e. The number of rotatable bonds is 0. The first-order valence-electron chi connectivity index (χ1n) is 2.97. The molecule has 4 nitrogen and oxygen atoms in total. The molecule has 1 aliphatic heterocycles. The van der Waals surface area contributed by atoms with Crippen LogP contribution in [0.25, 0.3) is 0 Å². The normalized spacial score (nSPS) is 16.7. The van der Waals surface area contributed by atoms with E-state index in [9.17, 15) is 9.59 Å². The summed E-state index contributed by atoms with van der Waals surface area (Å²) >= 11 is 4.51. The minimum Gasteiger partial charge on any atom is -0.786 e. The van der Waals surface area contributed by atoms with E-state index in [0.717, 1.165) is 5.41 Å². The van der Waals surface area contributed by atoms with Gasteiger partial charge in [-0.15, -0.1) is 0 Å². The molecule has 0 aromatic rings. The van der Waals surface area contributed by atoms with Gasteiger partial charge in [0, 0.05) is 14.1 Å². The summed E-state index contributed by atoms with van der Waals surface area (Å²) in [6.45, 7) is 0. The number of hydrogen-bond acceptors (Lipinski definition) is 3. The van der Waals surface area contributed by atoms with Gasteiger partial charge in [0.2, 0.25) is 0 Å². The van der Waals surface area contributed by atoms with Gasteiger partial charge in [-0.1, -0.05) is 0 Å². The molecule has 1 fully saturated rings. The van der Waals surface area contributed by atoms with E-state index >= 15 is 0 Å². The van der Waals surface area contributed by atoms with Crippen molar-refractivity contribution in [3.05, 3.63) is 11.0 Å². The molecule has 0 radical (unpaired) electrons. The van der Waals surface area contributed by atoms with Crippen LogP contribution in [0.2, 0.25) is 0 Å². The molecule has 1 saturated heterocycles. The molecule has 0 bridgehead atoms. The van der Waals surface area contributed by atoms with E-state index in [2.05, 4.69) is 12.6 Å². The van der Waals surface area contributed by atoms with Crippen LogP contribution < -0.4 is 0 Å². The smallest absolute Gasteiger partial charge is 0.786 e. The Morgan fingerprint density at radius 3 is 1.67 bits per heavy atom. The molecule has 0 aromatic carbocycles. The van der Waals surface area contributed by atoms with Gasteiger partial charge < -0.3 is 12.6 Å². The average molecular weight is 368 g/mol. The molecular formula is C6H7AuN2O2S. The van der Waals surface area contributed by atoms with E-state index in [1.54, 1.807) is 0 Å². The molecule has 6 heteroatoms. The largest absolute Gasteiger partial charge is 1.00 e. The van der Waals surface area contributed by atoms with E-state index in [4.69, 9.17) is 0 Å². The first-order chi connectivity index (χ1) is 5.09. The molecule has 0 unspecified atom stereocenters. The molecule has 0 saturated carbocycles. The third-order valence-corrected chi connectivity index (χ3v) is 1.85. The van der Waals surface area contributed by atoms with Gasteiger partial charge in [-0.2, -0.15) is 5.41 Å². The zero-order chi connectivity index (χ0) is 8.59. The van der Waals surface area contributed by atoms with Crippen molar-refractivity contribution in [3.8, 4) is 0 Å². The fourth-order valence-electron chi connectivity index (χ4n) is 0.813. The molecule has 1 aliphatic rings. The fourth-order valence-corrected chi connectivity index (χ4v) is 1.02. The Morgan fingerprint density at radius 1 is 1.17 bits per heavy atom. The summed E-state index contributed by atoms with van der Waals surface area (Å²) in [7, 11) is 3.04. The van der Waals surface area contributed by atoms with Gasteiger partial charge >= 0.3 is 22.4 Å². The molecule has 0 aliphatic carbocycles. The Labute approximate surface area is 91.5 Å². The standard InChI is InChI=1S/C6H8N2O2S.Au/c1-7-5(9)4(3-11)6(10)8(7)2;/h3,11H,1-2H3;/q;+1/p-1. The summed E-state index contributed by atoms with van der Waals surface area (Å²) in [6, 6.07) is 0. The van der Waals surface area contributed by atoms with Gasteiger partial charge in [0.05, 0.1) is 5.57 Å². The van der Waals surface area contributed by atoms with Crippen molar-refractivity contribution >= 4 is 24.4 Å². The minimum atomic E-state index is -0.340. The van der Waals surface area contributed by atoms with Crippen LogP contribution in [0.5, 0.6) is 0 Å². The van der Waals surface area contributed by atoms with E-state index in [1.807, 2.05) is 0 Å². The minimum absolute atomic E-state index is 0. The number of amides is 2. The summed E-state index contributed by atoms with van der Waals surface area (Å²) in [5, 5.41) is 3.56. The number of carbonyl (C=O) groups excluding carboxylic acids is 2. The van der Waals surface area contributed by atoms with Crippen LogP contribution in [0.1, 0.15) is 0 Å². The van der Waals surface area contributed by atoms with Gasteiger partial charge in [-0.3, -0.25) is 19.6 Å². The number of likely N-dealkylation sites (N-methyl/N-ethyl adjacent to an activating group) is 2. The van der Waals surface area contributed by atoms with Crippen LogP contribution in [0.3, 0.4) is 0 Å². The first-order valence-corrected chi connectivity index (χ1v) is 3.45. The number of nitrogens with zero attached hydrogens (tertiary/aromatic N) is 2. The van der Waals surface area contributed by atoms with Crippen LogP contribution in [0.15, 0.2) is 11.0 Å². The van der Waals surface area contributed by atoms with Crippen molar-refractivity contribution < 1.29 is 32.0 Å². The maximum atomic E-state index is 11.1. The van der Waals surface area contributed by atoms with Crippen molar-refractivity contribution in [3.63, 3.8) is 0 Å². The van der Waals surface area contributed by atoms with Crippen LogP contribution in [-0.4, -0.2) is 35.9 Å². The van der Waals surface area contributed by atoms with E-state index in [-0.39, 0.29) is 39.8 Å².